The molecule has 1 fully saturated rings. The number of benzene rings is 1. The van der Waals surface area contributed by atoms with Gasteiger partial charge in [0.05, 0.1) is 10.5 Å². The van der Waals surface area contributed by atoms with Crippen molar-refractivity contribution in [1.82, 2.24) is 9.21 Å². The maximum Gasteiger partial charge on any atom is 0.416 e. The summed E-state index contributed by atoms with van der Waals surface area (Å²) in [6.07, 6.45) is 7.87. The van der Waals surface area contributed by atoms with Gasteiger partial charge in [-0.2, -0.15) is 17.5 Å². The van der Waals surface area contributed by atoms with E-state index in [1.54, 1.807) is 7.05 Å². The Morgan fingerprint density at radius 3 is 2.00 bits per heavy atom. The summed E-state index contributed by atoms with van der Waals surface area (Å²) in [5, 5.41) is 0. The van der Waals surface area contributed by atoms with Crippen LogP contribution in [0.4, 0.5) is 13.2 Å². The second-order valence-corrected chi connectivity index (χ2v) is 11.6. The predicted molar refractivity (Wildman–Crippen MR) is 128 cm³/mol. The summed E-state index contributed by atoms with van der Waals surface area (Å²) in [6, 6.07) is 3.69. The monoisotopic (exact) mass is 490 g/mol. The number of sulfonamides is 1. The van der Waals surface area contributed by atoms with Crippen LogP contribution in [0.2, 0.25) is 0 Å². The molecule has 1 aliphatic rings. The van der Waals surface area contributed by atoms with Gasteiger partial charge < -0.3 is 4.90 Å². The van der Waals surface area contributed by atoms with Crippen molar-refractivity contribution in [3.05, 3.63) is 29.8 Å². The highest BCUT2D eigenvalue weighted by atomic mass is 32.2. The van der Waals surface area contributed by atoms with Crippen LogP contribution in [0.25, 0.3) is 0 Å². The summed E-state index contributed by atoms with van der Waals surface area (Å²) in [6.45, 7) is 4.56. The molecule has 33 heavy (non-hydrogen) atoms. The van der Waals surface area contributed by atoms with E-state index in [1.165, 1.54) is 55.8 Å². The first-order valence-electron chi connectivity index (χ1n) is 12.4. The third-order valence-electron chi connectivity index (χ3n) is 6.98. The third kappa shape index (κ3) is 8.87. The molecule has 2 rings (SSSR count). The van der Waals surface area contributed by atoms with Gasteiger partial charge in [-0.1, -0.05) is 39.0 Å². The van der Waals surface area contributed by atoms with E-state index in [9.17, 15) is 21.6 Å². The minimum absolute atomic E-state index is 0.0835. The lowest BCUT2D eigenvalue weighted by Crippen LogP contribution is -2.39. The van der Waals surface area contributed by atoms with Crippen LogP contribution in [0.15, 0.2) is 29.2 Å². The van der Waals surface area contributed by atoms with Crippen molar-refractivity contribution in [3.8, 4) is 0 Å². The first-order chi connectivity index (χ1) is 15.6. The summed E-state index contributed by atoms with van der Waals surface area (Å²) < 4.78 is 65.4. The van der Waals surface area contributed by atoms with Crippen molar-refractivity contribution < 1.29 is 21.6 Å². The highest BCUT2D eigenvalue weighted by Crippen LogP contribution is 2.34. The van der Waals surface area contributed by atoms with Gasteiger partial charge in [-0.05, 0) is 88.8 Å². The molecule has 0 amide bonds. The molecule has 0 heterocycles. The fourth-order valence-corrected chi connectivity index (χ4v) is 6.13. The summed E-state index contributed by atoms with van der Waals surface area (Å²) in [5.74, 6) is 0.644. The summed E-state index contributed by atoms with van der Waals surface area (Å²) in [7, 11) is -0.0469. The van der Waals surface area contributed by atoms with E-state index in [4.69, 9.17) is 0 Å². The lowest BCUT2D eigenvalue weighted by Gasteiger charge is -2.34. The Bertz CT molecular complexity index is 789. The number of rotatable bonds is 13. The van der Waals surface area contributed by atoms with Crippen LogP contribution in [0.1, 0.15) is 83.1 Å². The lowest BCUT2D eigenvalue weighted by atomic mass is 9.83. The highest BCUT2D eigenvalue weighted by Gasteiger charge is 2.33. The Labute approximate surface area is 198 Å². The molecule has 0 unspecified atom stereocenters. The van der Waals surface area contributed by atoms with Crippen LogP contribution in [0, 0.1) is 5.92 Å². The van der Waals surface area contributed by atoms with Gasteiger partial charge in [0, 0.05) is 13.1 Å². The molecule has 8 heteroatoms. The predicted octanol–water partition coefficient (Wildman–Crippen LogP) is 6.57. The smallest absolute Gasteiger partial charge is 0.306 e. The first kappa shape index (κ1) is 28.1. The average Bonchev–Trinajstić information content (AvgIpc) is 2.78. The first-order valence-corrected chi connectivity index (χ1v) is 13.8. The molecule has 4 nitrogen and oxygen atoms in total. The van der Waals surface area contributed by atoms with Crippen LogP contribution in [0.3, 0.4) is 0 Å². The van der Waals surface area contributed by atoms with Gasteiger partial charge in [0.15, 0.2) is 0 Å². The molecule has 1 saturated carbocycles. The molecule has 0 bridgehead atoms. The van der Waals surface area contributed by atoms with Crippen molar-refractivity contribution in [2.75, 3.05) is 27.2 Å². The molecule has 1 aliphatic carbocycles. The van der Waals surface area contributed by atoms with E-state index < -0.39 is 21.8 Å². The molecule has 0 radical (unpaired) electrons. The van der Waals surface area contributed by atoms with Crippen LogP contribution in [0.5, 0.6) is 0 Å². The van der Waals surface area contributed by atoms with Crippen molar-refractivity contribution in [1.29, 1.82) is 0 Å². The number of hydrogen-bond donors (Lipinski definition) is 0. The van der Waals surface area contributed by atoms with Crippen molar-refractivity contribution in [3.63, 3.8) is 0 Å². The zero-order valence-electron chi connectivity index (χ0n) is 20.4. The Kier molecular flexibility index (Phi) is 11.2. The van der Waals surface area contributed by atoms with E-state index in [0.717, 1.165) is 56.5 Å². The van der Waals surface area contributed by atoms with Gasteiger partial charge in [0.1, 0.15) is 0 Å². The number of hydrogen-bond acceptors (Lipinski definition) is 3. The van der Waals surface area contributed by atoms with Crippen LogP contribution >= 0.6 is 0 Å². The molecule has 0 N–H and O–H groups in total. The van der Waals surface area contributed by atoms with E-state index in [0.29, 0.717) is 5.92 Å². The Morgan fingerprint density at radius 1 is 0.879 bits per heavy atom. The maximum atomic E-state index is 12.9. The van der Waals surface area contributed by atoms with Gasteiger partial charge in [-0.25, -0.2) is 8.42 Å². The molecule has 0 spiro atoms. The fraction of sp³-hybridized carbons (Fsp3) is 0.760. The second-order valence-electron chi connectivity index (χ2n) is 9.58. The second kappa shape index (κ2) is 13.1. The van der Waals surface area contributed by atoms with Crippen molar-refractivity contribution in [2.45, 2.75) is 94.7 Å². The standard InChI is InChI=1S/C25H41F3N2O2S/c1-4-5-8-19-29(2)20-9-6-7-10-21-11-15-23(16-12-21)30(3)33(31,32)24-17-13-22(14-18-24)25(26,27)28/h13-14,17-18,21,23H,4-12,15-16,19-20H2,1-3H3/t21-,23-. The molecule has 1 aromatic carbocycles. The quantitative estimate of drug-likeness (QED) is 0.294. The maximum absolute atomic E-state index is 12.9. The molecular weight excluding hydrogens is 449 g/mol. The largest absolute Gasteiger partial charge is 0.416 e. The fourth-order valence-electron chi connectivity index (χ4n) is 4.71. The van der Waals surface area contributed by atoms with Gasteiger partial charge in [-0.3, -0.25) is 0 Å². The van der Waals surface area contributed by atoms with Gasteiger partial charge in [-0.15, -0.1) is 0 Å². The zero-order chi connectivity index (χ0) is 24.5. The Hall–Kier alpha value is -1.12. The number of nitrogens with zero attached hydrogens (tertiary/aromatic N) is 2. The lowest BCUT2D eigenvalue weighted by molar-refractivity contribution is -0.137. The Balaban J connectivity index is 1.72. The molecule has 0 aromatic heterocycles. The van der Waals surface area contributed by atoms with Gasteiger partial charge in [0.25, 0.3) is 0 Å². The Morgan fingerprint density at radius 2 is 1.45 bits per heavy atom. The third-order valence-corrected chi connectivity index (χ3v) is 8.91. The molecule has 0 aliphatic heterocycles. The molecule has 1 aromatic rings. The zero-order valence-corrected chi connectivity index (χ0v) is 21.2. The molecule has 190 valence electrons. The van der Waals surface area contributed by atoms with E-state index in [2.05, 4.69) is 18.9 Å². The van der Waals surface area contributed by atoms with Gasteiger partial charge in [0.2, 0.25) is 10.0 Å². The molecule has 0 atom stereocenters. The number of unbranched alkanes of at least 4 members (excludes halogenated alkanes) is 4. The summed E-state index contributed by atoms with van der Waals surface area (Å²) >= 11 is 0. The molecular formula is C25H41F3N2O2S. The van der Waals surface area contributed by atoms with Crippen molar-refractivity contribution in [2.24, 2.45) is 5.92 Å². The van der Waals surface area contributed by atoms with Gasteiger partial charge >= 0.3 is 6.18 Å². The van der Waals surface area contributed by atoms with Crippen LogP contribution < -0.4 is 0 Å². The summed E-state index contributed by atoms with van der Waals surface area (Å²) in [4.78, 5) is 2.34. The molecule has 0 saturated heterocycles. The van der Waals surface area contributed by atoms with Crippen LogP contribution in [-0.4, -0.2) is 50.8 Å². The average molecular weight is 491 g/mol. The minimum Gasteiger partial charge on any atom is -0.306 e. The minimum atomic E-state index is -4.48. The van der Waals surface area contributed by atoms with Crippen LogP contribution in [-0.2, 0) is 16.2 Å². The summed E-state index contributed by atoms with van der Waals surface area (Å²) in [5.41, 5.74) is -0.840. The highest BCUT2D eigenvalue weighted by molar-refractivity contribution is 7.89. The van der Waals surface area contributed by atoms with Crippen molar-refractivity contribution >= 4 is 10.0 Å². The van der Waals surface area contributed by atoms with E-state index >= 15 is 0 Å². The SMILES string of the molecule is CCCCCN(C)CCCCC[C@H]1CC[C@H](N(C)S(=O)(=O)c2ccc(C(F)(F)F)cc2)CC1. The normalized spacial score (nSPS) is 20.0. The topological polar surface area (TPSA) is 40.6 Å². The number of halogens is 3. The van der Waals surface area contributed by atoms with E-state index in [-0.39, 0.29) is 10.9 Å². The van der Waals surface area contributed by atoms with E-state index in [1.807, 2.05) is 0 Å². The number of alkyl halides is 3.